The van der Waals surface area contributed by atoms with Crippen LogP contribution in [-0.4, -0.2) is 35.3 Å². The molecule has 0 aliphatic heterocycles. The fourth-order valence-corrected chi connectivity index (χ4v) is 2.53. The van der Waals surface area contributed by atoms with Gasteiger partial charge in [-0.25, -0.2) is 4.79 Å². The van der Waals surface area contributed by atoms with Crippen molar-refractivity contribution in [2.45, 2.75) is 13.5 Å². The minimum atomic E-state index is -0.701. The Kier molecular flexibility index (Phi) is 5.17. The van der Waals surface area contributed by atoms with Crippen molar-refractivity contribution in [1.82, 2.24) is 9.27 Å². The van der Waals surface area contributed by atoms with Crippen molar-refractivity contribution in [1.29, 1.82) is 0 Å². The van der Waals surface area contributed by atoms with Gasteiger partial charge in [-0.2, -0.15) is 4.37 Å². The standard InChI is InChI=1S/C15H18N4O3S/c1-9-6-4-5-7-10(9)8-22-13-11(12(16)20)14(23-18-13)17-15(21)19(2)3/h4-7H,8H2,1-3H3,(H2,16,20)(H,17,21). The van der Waals surface area contributed by atoms with Gasteiger partial charge in [0.15, 0.2) is 0 Å². The molecule has 0 atom stereocenters. The second kappa shape index (κ2) is 7.10. The monoisotopic (exact) mass is 334 g/mol. The molecule has 3 amide bonds. The first-order valence-electron chi connectivity index (χ1n) is 6.85. The molecule has 8 heteroatoms. The Morgan fingerprint density at radius 2 is 2.04 bits per heavy atom. The van der Waals surface area contributed by atoms with Crippen LogP contribution in [0.5, 0.6) is 5.88 Å². The maximum Gasteiger partial charge on any atom is 0.321 e. The molecule has 0 aliphatic carbocycles. The second-order valence-electron chi connectivity index (χ2n) is 5.10. The predicted octanol–water partition coefficient (Wildman–Crippen LogP) is 2.22. The van der Waals surface area contributed by atoms with Gasteiger partial charge in [0.05, 0.1) is 0 Å². The number of benzene rings is 1. The maximum absolute atomic E-state index is 11.7. The van der Waals surface area contributed by atoms with Crippen molar-refractivity contribution in [3.05, 3.63) is 41.0 Å². The van der Waals surface area contributed by atoms with E-state index in [9.17, 15) is 9.59 Å². The average Bonchev–Trinajstić information content (AvgIpc) is 2.89. The molecule has 1 heterocycles. The predicted molar refractivity (Wildman–Crippen MR) is 88.8 cm³/mol. The molecule has 2 rings (SSSR count). The highest BCUT2D eigenvalue weighted by atomic mass is 32.1. The lowest BCUT2D eigenvalue weighted by Gasteiger charge is -2.11. The van der Waals surface area contributed by atoms with Crippen molar-refractivity contribution < 1.29 is 14.3 Å². The van der Waals surface area contributed by atoms with E-state index in [1.807, 2.05) is 31.2 Å². The van der Waals surface area contributed by atoms with E-state index in [4.69, 9.17) is 10.5 Å². The van der Waals surface area contributed by atoms with Gasteiger partial charge in [0.25, 0.3) is 5.91 Å². The lowest BCUT2D eigenvalue weighted by Crippen LogP contribution is -2.28. The Morgan fingerprint density at radius 1 is 1.35 bits per heavy atom. The fourth-order valence-electron chi connectivity index (χ4n) is 1.80. The molecule has 0 fully saturated rings. The van der Waals surface area contributed by atoms with Gasteiger partial charge in [-0.15, -0.1) is 0 Å². The number of aromatic nitrogens is 1. The van der Waals surface area contributed by atoms with Gasteiger partial charge in [-0.1, -0.05) is 24.3 Å². The summed E-state index contributed by atoms with van der Waals surface area (Å²) in [4.78, 5) is 24.7. The van der Waals surface area contributed by atoms with E-state index >= 15 is 0 Å². The molecule has 0 unspecified atom stereocenters. The van der Waals surface area contributed by atoms with Gasteiger partial charge in [-0.05, 0) is 29.6 Å². The smallest absolute Gasteiger partial charge is 0.321 e. The highest BCUT2D eigenvalue weighted by molar-refractivity contribution is 7.11. The molecule has 0 spiro atoms. The number of hydrogen-bond donors (Lipinski definition) is 2. The van der Waals surface area contributed by atoms with Crippen LogP contribution in [0.1, 0.15) is 21.5 Å². The number of rotatable bonds is 5. The Bertz CT molecular complexity index is 727. The van der Waals surface area contributed by atoms with Crippen LogP contribution in [0.2, 0.25) is 0 Å². The van der Waals surface area contributed by atoms with Crippen LogP contribution >= 0.6 is 11.5 Å². The maximum atomic E-state index is 11.7. The molecule has 7 nitrogen and oxygen atoms in total. The first kappa shape index (κ1) is 16.8. The third kappa shape index (κ3) is 3.98. The molecule has 0 saturated heterocycles. The Hall–Kier alpha value is -2.61. The molecule has 0 radical (unpaired) electrons. The zero-order valence-electron chi connectivity index (χ0n) is 13.1. The van der Waals surface area contributed by atoms with Gasteiger partial charge in [0, 0.05) is 14.1 Å². The fraction of sp³-hybridized carbons (Fsp3) is 0.267. The lowest BCUT2D eigenvalue weighted by atomic mass is 10.1. The van der Waals surface area contributed by atoms with Crippen LogP contribution < -0.4 is 15.8 Å². The number of hydrogen-bond acceptors (Lipinski definition) is 5. The van der Waals surface area contributed by atoms with E-state index in [-0.39, 0.29) is 29.1 Å². The lowest BCUT2D eigenvalue weighted by molar-refractivity contribution is 0.0996. The van der Waals surface area contributed by atoms with Gasteiger partial charge in [0.1, 0.15) is 17.2 Å². The summed E-state index contributed by atoms with van der Waals surface area (Å²) in [5.74, 6) is -0.576. The number of anilines is 1. The molecule has 2 aromatic rings. The van der Waals surface area contributed by atoms with Crippen LogP contribution in [0, 0.1) is 6.92 Å². The molecule has 23 heavy (non-hydrogen) atoms. The Morgan fingerprint density at radius 3 is 2.65 bits per heavy atom. The van der Waals surface area contributed by atoms with Gasteiger partial charge < -0.3 is 15.4 Å². The summed E-state index contributed by atoms with van der Waals surface area (Å²) < 4.78 is 9.70. The van der Waals surface area contributed by atoms with Crippen LogP contribution in [0.4, 0.5) is 9.80 Å². The van der Waals surface area contributed by atoms with Crippen LogP contribution in [0.3, 0.4) is 0 Å². The van der Waals surface area contributed by atoms with Crippen molar-refractivity contribution in [3.8, 4) is 5.88 Å². The topological polar surface area (TPSA) is 97.6 Å². The minimum absolute atomic E-state index is 0.0822. The van der Waals surface area contributed by atoms with E-state index in [2.05, 4.69) is 9.69 Å². The van der Waals surface area contributed by atoms with E-state index in [0.717, 1.165) is 22.7 Å². The number of carbonyl (C=O) groups is 2. The van der Waals surface area contributed by atoms with Gasteiger partial charge in [0.2, 0.25) is 5.88 Å². The summed E-state index contributed by atoms with van der Waals surface area (Å²) >= 11 is 0.955. The number of nitrogens with zero attached hydrogens (tertiary/aromatic N) is 2. The summed E-state index contributed by atoms with van der Waals surface area (Å²) in [5.41, 5.74) is 7.53. The third-order valence-corrected chi connectivity index (χ3v) is 3.91. The van der Waals surface area contributed by atoms with E-state index in [0.29, 0.717) is 0 Å². The van der Waals surface area contributed by atoms with Crippen molar-refractivity contribution in [3.63, 3.8) is 0 Å². The zero-order valence-corrected chi connectivity index (χ0v) is 13.9. The number of nitrogens with two attached hydrogens (primary N) is 1. The average molecular weight is 334 g/mol. The number of aryl methyl sites for hydroxylation is 1. The van der Waals surface area contributed by atoms with Crippen LogP contribution in [0.15, 0.2) is 24.3 Å². The zero-order chi connectivity index (χ0) is 17.0. The molecule has 122 valence electrons. The number of amides is 3. The summed E-state index contributed by atoms with van der Waals surface area (Å²) in [6, 6.07) is 7.37. The molecular weight excluding hydrogens is 316 g/mol. The highest BCUT2D eigenvalue weighted by Gasteiger charge is 2.22. The minimum Gasteiger partial charge on any atom is -0.472 e. The van der Waals surface area contributed by atoms with Crippen LogP contribution in [-0.2, 0) is 6.61 Å². The normalized spacial score (nSPS) is 10.2. The summed E-state index contributed by atoms with van der Waals surface area (Å²) in [7, 11) is 3.19. The van der Waals surface area contributed by atoms with Gasteiger partial charge >= 0.3 is 6.03 Å². The molecule has 1 aromatic heterocycles. The second-order valence-corrected chi connectivity index (χ2v) is 5.87. The SMILES string of the molecule is Cc1ccccc1COc1nsc(NC(=O)N(C)C)c1C(N)=O. The summed E-state index contributed by atoms with van der Waals surface area (Å²) in [6.07, 6.45) is 0. The molecule has 1 aromatic carbocycles. The largest absolute Gasteiger partial charge is 0.472 e. The molecule has 0 saturated carbocycles. The van der Waals surface area contributed by atoms with Crippen molar-refractivity contribution in [2.75, 3.05) is 19.4 Å². The molecule has 0 bridgehead atoms. The Balaban J connectivity index is 2.19. The Labute approximate surface area is 138 Å². The number of nitrogens with one attached hydrogen (secondary N) is 1. The molecular formula is C15H18N4O3S. The quantitative estimate of drug-likeness (QED) is 0.876. The van der Waals surface area contributed by atoms with Gasteiger partial charge in [-0.3, -0.25) is 10.1 Å². The number of urea groups is 1. The first-order chi connectivity index (χ1) is 10.9. The van der Waals surface area contributed by atoms with Crippen molar-refractivity contribution in [2.24, 2.45) is 5.73 Å². The molecule has 3 N–H and O–H groups in total. The van der Waals surface area contributed by atoms with E-state index in [1.54, 1.807) is 14.1 Å². The van der Waals surface area contributed by atoms with E-state index < -0.39 is 5.91 Å². The summed E-state index contributed by atoms with van der Waals surface area (Å²) in [6.45, 7) is 2.23. The molecule has 0 aliphatic rings. The van der Waals surface area contributed by atoms with Crippen LogP contribution in [0.25, 0.3) is 0 Å². The number of carbonyl (C=O) groups excluding carboxylic acids is 2. The highest BCUT2D eigenvalue weighted by Crippen LogP contribution is 2.31. The van der Waals surface area contributed by atoms with E-state index in [1.165, 1.54) is 4.90 Å². The summed E-state index contributed by atoms with van der Waals surface area (Å²) in [5, 5.41) is 2.86. The number of primary amides is 1. The number of ether oxygens (including phenoxy) is 1. The first-order valence-corrected chi connectivity index (χ1v) is 7.62. The third-order valence-electron chi connectivity index (χ3n) is 3.16. The van der Waals surface area contributed by atoms with Crippen molar-refractivity contribution >= 4 is 28.5 Å².